The van der Waals surface area contributed by atoms with E-state index in [1.165, 1.54) is 0 Å². The second-order valence-corrected chi connectivity index (χ2v) is 6.05. The van der Waals surface area contributed by atoms with Crippen LogP contribution in [0.5, 0.6) is 5.75 Å². The van der Waals surface area contributed by atoms with Crippen LogP contribution in [0.15, 0.2) is 24.3 Å². The molecule has 1 aromatic carbocycles. The van der Waals surface area contributed by atoms with Crippen LogP contribution in [-0.2, 0) is 15.6 Å². The molecule has 1 aliphatic rings. The highest BCUT2D eigenvalue weighted by Crippen LogP contribution is 2.36. The van der Waals surface area contributed by atoms with Gasteiger partial charge in [-0.2, -0.15) is 0 Å². The van der Waals surface area contributed by atoms with Gasteiger partial charge in [0.1, 0.15) is 11.4 Å². The highest BCUT2D eigenvalue weighted by Gasteiger charge is 2.35. The van der Waals surface area contributed by atoms with E-state index in [4.69, 9.17) is 4.74 Å². The maximum atomic E-state index is 11.1. The lowest BCUT2D eigenvalue weighted by atomic mass is 9.88. The molecule has 1 aromatic rings. The van der Waals surface area contributed by atoms with Crippen molar-refractivity contribution < 1.29 is 18.3 Å². The van der Waals surface area contributed by atoms with E-state index in [2.05, 4.69) is 4.72 Å². The van der Waals surface area contributed by atoms with Crippen molar-refractivity contribution >= 4 is 10.0 Å². The number of sulfonamides is 1. The first-order chi connectivity index (χ1) is 7.91. The quantitative estimate of drug-likeness (QED) is 0.811. The molecule has 2 N–H and O–H groups in total. The Hall–Kier alpha value is -1.11. The fourth-order valence-corrected chi connectivity index (χ4v) is 2.38. The molecule has 0 saturated heterocycles. The number of para-hydroxylation sites is 1. The molecular formula is C11H15NO4S. The fourth-order valence-electron chi connectivity index (χ4n) is 1.88. The van der Waals surface area contributed by atoms with E-state index in [1.54, 1.807) is 18.2 Å². The minimum absolute atomic E-state index is 0.0355. The van der Waals surface area contributed by atoms with Crippen molar-refractivity contribution in [1.29, 1.82) is 0 Å². The highest BCUT2D eigenvalue weighted by atomic mass is 32.2. The Morgan fingerprint density at radius 3 is 2.88 bits per heavy atom. The van der Waals surface area contributed by atoms with Gasteiger partial charge in [-0.25, -0.2) is 13.1 Å². The van der Waals surface area contributed by atoms with Gasteiger partial charge in [0, 0.05) is 18.5 Å². The number of aliphatic hydroxyl groups is 1. The number of ether oxygens (including phenoxy) is 1. The monoisotopic (exact) mass is 257 g/mol. The average Bonchev–Trinajstić information content (AvgIpc) is 2.27. The van der Waals surface area contributed by atoms with Crippen molar-refractivity contribution in [3.8, 4) is 5.75 Å². The van der Waals surface area contributed by atoms with E-state index in [0.717, 1.165) is 6.26 Å². The van der Waals surface area contributed by atoms with E-state index in [-0.39, 0.29) is 6.54 Å². The van der Waals surface area contributed by atoms with E-state index in [1.807, 2.05) is 6.07 Å². The summed E-state index contributed by atoms with van der Waals surface area (Å²) in [7, 11) is -3.31. The van der Waals surface area contributed by atoms with E-state index < -0.39 is 15.6 Å². The molecular weight excluding hydrogens is 242 g/mol. The van der Waals surface area contributed by atoms with Crippen LogP contribution < -0.4 is 9.46 Å². The van der Waals surface area contributed by atoms with Crippen molar-refractivity contribution in [2.45, 2.75) is 12.0 Å². The summed E-state index contributed by atoms with van der Waals surface area (Å²) in [5.41, 5.74) is -0.569. The van der Waals surface area contributed by atoms with Crippen LogP contribution in [0.25, 0.3) is 0 Å². The van der Waals surface area contributed by atoms with E-state index in [0.29, 0.717) is 24.3 Å². The molecule has 0 amide bonds. The maximum absolute atomic E-state index is 11.1. The van der Waals surface area contributed by atoms with Gasteiger partial charge in [0.05, 0.1) is 12.9 Å². The third kappa shape index (κ3) is 2.77. The number of hydrogen-bond donors (Lipinski definition) is 2. The molecule has 0 unspecified atom stereocenters. The van der Waals surface area contributed by atoms with Crippen LogP contribution in [0.2, 0.25) is 0 Å². The molecule has 1 heterocycles. The van der Waals surface area contributed by atoms with Crippen LogP contribution in [0.3, 0.4) is 0 Å². The summed E-state index contributed by atoms with van der Waals surface area (Å²) in [6.45, 7) is 0.338. The second-order valence-electron chi connectivity index (χ2n) is 4.22. The van der Waals surface area contributed by atoms with Crippen LogP contribution in [-0.4, -0.2) is 32.9 Å². The molecule has 1 atom stereocenters. The molecule has 0 bridgehead atoms. The summed E-state index contributed by atoms with van der Waals surface area (Å²) in [4.78, 5) is 0. The first-order valence-electron chi connectivity index (χ1n) is 5.30. The topological polar surface area (TPSA) is 75.6 Å². The molecule has 0 spiro atoms. The Bertz CT molecular complexity index is 514. The lowest BCUT2D eigenvalue weighted by Crippen LogP contribution is -2.43. The van der Waals surface area contributed by atoms with Gasteiger partial charge in [-0.05, 0) is 6.07 Å². The predicted molar refractivity (Wildman–Crippen MR) is 63.3 cm³/mol. The zero-order valence-electron chi connectivity index (χ0n) is 9.51. The summed E-state index contributed by atoms with van der Waals surface area (Å²) in [5.74, 6) is 0.608. The van der Waals surface area contributed by atoms with E-state index >= 15 is 0 Å². The lowest BCUT2D eigenvalue weighted by Gasteiger charge is -2.34. The Morgan fingerprint density at radius 1 is 1.47 bits per heavy atom. The van der Waals surface area contributed by atoms with Crippen LogP contribution >= 0.6 is 0 Å². The molecule has 17 heavy (non-hydrogen) atoms. The summed E-state index contributed by atoms with van der Waals surface area (Å²) < 4.78 is 29.9. The molecule has 2 rings (SSSR count). The van der Waals surface area contributed by atoms with Gasteiger partial charge in [-0.1, -0.05) is 18.2 Å². The minimum atomic E-state index is -3.31. The molecule has 0 aromatic heterocycles. The standard InChI is InChI=1S/C11H15NO4S/c1-17(14,15)12-8-11(13)6-7-16-10-5-3-2-4-9(10)11/h2-5,12-13H,6-8H2,1H3/t11-/m0/s1. The van der Waals surface area contributed by atoms with Crippen molar-refractivity contribution in [1.82, 2.24) is 4.72 Å². The number of benzene rings is 1. The van der Waals surface area contributed by atoms with Gasteiger partial charge in [-0.3, -0.25) is 0 Å². The summed E-state index contributed by atoms with van der Waals surface area (Å²) in [6, 6.07) is 7.12. The molecule has 94 valence electrons. The minimum Gasteiger partial charge on any atom is -0.493 e. The SMILES string of the molecule is CS(=O)(=O)NC[C@@]1(O)CCOc2ccccc21. The largest absolute Gasteiger partial charge is 0.493 e. The Labute approximate surface area is 100 Å². The van der Waals surface area contributed by atoms with Gasteiger partial charge >= 0.3 is 0 Å². The zero-order valence-corrected chi connectivity index (χ0v) is 10.3. The van der Waals surface area contributed by atoms with Crippen molar-refractivity contribution in [2.75, 3.05) is 19.4 Å². The summed E-state index contributed by atoms with van der Waals surface area (Å²) >= 11 is 0. The van der Waals surface area contributed by atoms with Gasteiger partial charge in [0.25, 0.3) is 0 Å². The van der Waals surface area contributed by atoms with Crippen molar-refractivity contribution in [2.24, 2.45) is 0 Å². The normalized spacial score (nSPS) is 23.9. The van der Waals surface area contributed by atoms with Crippen LogP contribution in [0.1, 0.15) is 12.0 Å². The molecule has 5 nitrogen and oxygen atoms in total. The second kappa shape index (κ2) is 4.29. The number of rotatable bonds is 3. The van der Waals surface area contributed by atoms with Gasteiger partial charge in [-0.15, -0.1) is 0 Å². The molecule has 0 fully saturated rings. The smallest absolute Gasteiger partial charge is 0.208 e. The van der Waals surface area contributed by atoms with Crippen LogP contribution in [0.4, 0.5) is 0 Å². The van der Waals surface area contributed by atoms with Gasteiger partial charge < -0.3 is 9.84 Å². The number of hydrogen-bond acceptors (Lipinski definition) is 4. The van der Waals surface area contributed by atoms with E-state index in [9.17, 15) is 13.5 Å². The third-order valence-corrected chi connectivity index (χ3v) is 3.46. The summed E-state index contributed by atoms with van der Waals surface area (Å²) in [5, 5.41) is 10.5. The van der Waals surface area contributed by atoms with Gasteiger partial charge in [0.2, 0.25) is 10.0 Å². The molecule has 0 saturated carbocycles. The Morgan fingerprint density at radius 2 is 2.18 bits per heavy atom. The number of fused-ring (bicyclic) bond motifs is 1. The maximum Gasteiger partial charge on any atom is 0.208 e. The van der Waals surface area contributed by atoms with Crippen molar-refractivity contribution in [3.05, 3.63) is 29.8 Å². The first-order valence-corrected chi connectivity index (χ1v) is 7.19. The lowest BCUT2D eigenvalue weighted by molar-refractivity contribution is 0.00222. The molecule has 6 heteroatoms. The van der Waals surface area contributed by atoms with Crippen molar-refractivity contribution in [3.63, 3.8) is 0 Å². The Kier molecular flexibility index (Phi) is 3.11. The summed E-state index contributed by atoms with van der Waals surface area (Å²) in [6.07, 6.45) is 1.44. The van der Waals surface area contributed by atoms with Crippen LogP contribution in [0, 0.1) is 0 Å². The third-order valence-electron chi connectivity index (χ3n) is 2.79. The molecule has 0 aliphatic carbocycles. The predicted octanol–water partition coefficient (Wildman–Crippen LogP) is 0.206. The Balaban J connectivity index is 2.27. The molecule has 1 aliphatic heterocycles. The average molecular weight is 257 g/mol. The fraction of sp³-hybridized carbons (Fsp3) is 0.455. The number of nitrogens with one attached hydrogen (secondary N) is 1. The van der Waals surface area contributed by atoms with Gasteiger partial charge in [0.15, 0.2) is 0 Å². The molecule has 0 radical (unpaired) electrons. The first kappa shape index (κ1) is 12.3. The highest BCUT2D eigenvalue weighted by molar-refractivity contribution is 7.88. The zero-order chi connectivity index (χ0) is 12.5.